The molecule has 0 atom stereocenters. The molecule has 1 aliphatic heterocycles. The van der Waals surface area contributed by atoms with E-state index in [2.05, 4.69) is 16.2 Å². The second-order valence-corrected chi connectivity index (χ2v) is 4.72. The molecule has 1 saturated carbocycles. The Balaban J connectivity index is 2.09. The monoisotopic (exact) mass is 215 g/mol. The van der Waals surface area contributed by atoms with Gasteiger partial charge in [-0.3, -0.25) is 0 Å². The fourth-order valence-electron chi connectivity index (χ4n) is 2.05. The van der Waals surface area contributed by atoms with Gasteiger partial charge in [0.15, 0.2) is 0 Å². The zero-order valence-electron chi connectivity index (χ0n) is 7.55. The number of rotatable bonds is 1. The minimum Gasteiger partial charge on any atom is -0.316 e. The lowest BCUT2D eigenvalue weighted by molar-refractivity contribution is 0.407. The van der Waals surface area contributed by atoms with Crippen LogP contribution in [0.4, 0.5) is 0 Å². The molecular formula is C10H14ClNS. The minimum atomic E-state index is 0.700. The highest BCUT2D eigenvalue weighted by molar-refractivity contribution is 8.00. The van der Waals surface area contributed by atoms with E-state index in [-0.39, 0.29) is 0 Å². The van der Waals surface area contributed by atoms with Crippen LogP contribution in [0, 0.1) is 5.92 Å². The molecule has 72 valence electrons. The molecule has 3 heteroatoms. The average Bonchev–Trinajstić information content (AvgIpc) is 2.20. The minimum absolute atomic E-state index is 0.700. The Hall–Kier alpha value is -0.0800. The normalized spacial score (nSPS) is 24.7. The van der Waals surface area contributed by atoms with Gasteiger partial charge in [-0.15, -0.1) is 0 Å². The van der Waals surface area contributed by atoms with E-state index in [1.165, 1.54) is 37.7 Å². The molecule has 2 rings (SSSR count). The molecule has 1 heterocycles. The number of nitrogens with one attached hydrogen (secondary N) is 1. The lowest BCUT2D eigenvalue weighted by Gasteiger charge is -2.25. The smallest absolute Gasteiger partial charge is 0.115 e. The van der Waals surface area contributed by atoms with Crippen molar-refractivity contribution in [2.75, 3.05) is 0 Å². The molecule has 0 amide bonds. The first-order valence-corrected chi connectivity index (χ1v) is 6.11. The van der Waals surface area contributed by atoms with Gasteiger partial charge in [-0.25, -0.2) is 0 Å². The molecule has 2 aliphatic rings. The summed E-state index contributed by atoms with van der Waals surface area (Å²) in [6, 6.07) is 0. The largest absolute Gasteiger partial charge is 0.316 e. The summed E-state index contributed by atoms with van der Waals surface area (Å²) in [7, 11) is 0. The third-order valence-electron chi connectivity index (χ3n) is 2.76. The highest BCUT2D eigenvalue weighted by atomic mass is 35.5. The van der Waals surface area contributed by atoms with E-state index in [1.54, 1.807) is 11.9 Å². The topological polar surface area (TPSA) is 12.0 Å². The van der Waals surface area contributed by atoms with Crippen LogP contribution in [0.25, 0.3) is 0 Å². The Kier molecular flexibility index (Phi) is 3.23. The van der Waals surface area contributed by atoms with Crippen molar-refractivity contribution in [3.8, 4) is 0 Å². The van der Waals surface area contributed by atoms with Crippen molar-refractivity contribution in [2.24, 2.45) is 5.92 Å². The maximum absolute atomic E-state index is 6.11. The maximum Gasteiger partial charge on any atom is 0.115 e. The summed E-state index contributed by atoms with van der Waals surface area (Å²) in [6.07, 6.45) is 8.90. The Morgan fingerprint density at radius 1 is 1.31 bits per heavy atom. The number of allylic oxidation sites excluding steroid dienone is 2. The second kappa shape index (κ2) is 4.43. The average molecular weight is 216 g/mol. The highest BCUT2D eigenvalue weighted by Crippen LogP contribution is 2.34. The molecule has 1 aliphatic carbocycles. The molecule has 0 aromatic carbocycles. The van der Waals surface area contributed by atoms with E-state index in [1.807, 2.05) is 0 Å². The van der Waals surface area contributed by atoms with E-state index < -0.39 is 0 Å². The molecule has 0 aromatic heterocycles. The van der Waals surface area contributed by atoms with Gasteiger partial charge < -0.3 is 4.72 Å². The maximum atomic E-state index is 6.11. The van der Waals surface area contributed by atoms with Crippen molar-refractivity contribution in [1.82, 2.24) is 4.72 Å². The summed E-state index contributed by atoms with van der Waals surface area (Å²) in [5.41, 5.74) is 1.32. The Morgan fingerprint density at radius 2 is 2.08 bits per heavy atom. The fraction of sp³-hybridized carbons (Fsp3) is 0.600. The van der Waals surface area contributed by atoms with E-state index in [4.69, 9.17) is 11.6 Å². The number of halogens is 1. The molecule has 13 heavy (non-hydrogen) atoms. The van der Waals surface area contributed by atoms with Crippen LogP contribution < -0.4 is 4.72 Å². The van der Waals surface area contributed by atoms with Gasteiger partial charge in [0.05, 0.1) is 0 Å². The van der Waals surface area contributed by atoms with Crippen LogP contribution in [0.3, 0.4) is 0 Å². The van der Waals surface area contributed by atoms with Crippen molar-refractivity contribution >= 4 is 23.5 Å². The van der Waals surface area contributed by atoms with Crippen LogP contribution >= 0.6 is 23.5 Å². The standard InChI is InChI=1S/C10H14ClNS/c11-10-9(6-7-13-12-10)8-4-2-1-3-5-8/h6-8,12H,1-5H2. The van der Waals surface area contributed by atoms with Gasteiger partial charge in [0, 0.05) is 0 Å². The lowest BCUT2D eigenvalue weighted by Crippen LogP contribution is -2.14. The highest BCUT2D eigenvalue weighted by Gasteiger charge is 2.20. The van der Waals surface area contributed by atoms with Crippen molar-refractivity contribution in [3.63, 3.8) is 0 Å². The zero-order valence-corrected chi connectivity index (χ0v) is 9.13. The Labute approximate surface area is 88.7 Å². The molecule has 0 radical (unpaired) electrons. The Morgan fingerprint density at radius 3 is 2.77 bits per heavy atom. The predicted octanol–water partition coefficient (Wildman–Crippen LogP) is 3.78. The van der Waals surface area contributed by atoms with Crippen LogP contribution in [0.15, 0.2) is 22.2 Å². The molecule has 1 N–H and O–H groups in total. The van der Waals surface area contributed by atoms with Crippen molar-refractivity contribution in [3.05, 3.63) is 22.2 Å². The number of hydrogen-bond donors (Lipinski definition) is 1. The van der Waals surface area contributed by atoms with E-state index >= 15 is 0 Å². The molecule has 0 bridgehead atoms. The SMILES string of the molecule is ClC1=C(C2CCCCC2)C=CSN1. The second-order valence-electron chi connectivity index (χ2n) is 3.63. The first-order valence-electron chi connectivity index (χ1n) is 4.86. The van der Waals surface area contributed by atoms with Crippen molar-refractivity contribution < 1.29 is 0 Å². The quantitative estimate of drug-likeness (QED) is 0.528. The first kappa shape index (κ1) is 9.47. The molecule has 0 saturated heterocycles. The van der Waals surface area contributed by atoms with Crippen molar-refractivity contribution in [1.29, 1.82) is 0 Å². The fourth-order valence-corrected chi connectivity index (χ4v) is 2.91. The molecular weight excluding hydrogens is 202 g/mol. The van der Waals surface area contributed by atoms with Gasteiger partial charge in [-0.2, -0.15) is 0 Å². The van der Waals surface area contributed by atoms with Gasteiger partial charge in [0.25, 0.3) is 0 Å². The van der Waals surface area contributed by atoms with Gasteiger partial charge in [0.1, 0.15) is 5.16 Å². The zero-order chi connectivity index (χ0) is 9.10. The van der Waals surface area contributed by atoms with Crippen molar-refractivity contribution in [2.45, 2.75) is 32.1 Å². The van der Waals surface area contributed by atoms with Crippen LogP contribution in [-0.2, 0) is 0 Å². The van der Waals surface area contributed by atoms with Gasteiger partial charge in [-0.05, 0) is 47.8 Å². The van der Waals surface area contributed by atoms with Crippen LogP contribution in [0.2, 0.25) is 0 Å². The molecule has 0 aromatic rings. The van der Waals surface area contributed by atoms with Crippen LogP contribution in [-0.4, -0.2) is 0 Å². The molecule has 1 nitrogen and oxygen atoms in total. The van der Waals surface area contributed by atoms with Crippen LogP contribution in [0.5, 0.6) is 0 Å². The molecule has 0 spiro atoms. The van der Waals surface area contributed by atoms with E-state index in [0.717, 1.165) is 5.16 Å². The third kappa shape index (κ3) is 2.23. The summed E-state index contributed by atoms with van der Waals surface area (Å²) in [4.78, 5) is 0. The van der Waals surface area contributed by atoms with Gasteiger partial charge in [-0.1, -0.05) is 30.9 Å². The van der Waals surface area contributed by atoms with Crippen LogP contribution in [0.1, 0.15) is 32.1 Å². The Bertz CT molecular complexity index is 241. The third-order valence-corrected chi connectivity index (χ3v) is 3.78. The summed E-state index contributed by atoms with van der Waals surface area (Å²) < 4.78 is 3.10. The van der Waals surface area contributed by atoms with Gasteiger partial charge >= 0.3 is 0 Å². The summed E-state index contributed by atoms with van der Waals surface area (Å²) in [6.45, 7) is 0. The van der Waals surface area contributed by atoms with E-state index in [0.29, 0.717) is 5.92 Å². The summed E-state index contributed by atoms with van der Waals surface area (Å²) in [5, 5.41) is 2.93. The predicted molar refractivity (Wildman–Crippen MR) is 59.3 cm³/mol. The first-order chi connectivity index (χ1) is 6.38. The lowest BCUT2D eigenvalue weighted by atomic mass is 9.84. The van der Waals surface area contributed by atoms with Gasteiger partial charge in [0.2, 0.25) is 0 Å². The number of hydrogen-bond acceptors (Lipinski definition) is 2. The molecule has 0 unspecified atom stereocenters. The van der Waals surface area contributed by atoms with E-state index in [9.17, 15) is 0 Å². The molecule has 1 fully saturated rings. The summed E-state index contributed by atoms with van der Waals surface area (Å²) >= 11 is 7.66. The summed E-state index contributed by atoms with van der Waals surface area (Å²) in [5.74, 6) is 0.700.